The number of hydrogen-bond acceptors (Lipinski definition) is 10. The normalized spacial score (nSPS) is 12.9. The molecular formula is C22H26N4O9S3. The first-order valence-corrected chi connectivity index (χ1v) is 15.7. The van der Waals surface area contributed by atoms with Gasteiger partial charge >= 0.3 is 0 Å². The van der Waals surface area contributed by atoms with Gasteiger partial charge in [0.25, 0.3) is 10.1 Å². The second-order valence-corrected chi connectivity index (χ2v) is 13.0. The zero-order valence-electron chi connectivity index (χ0n) is 20.8. The molecule has 3 aromatic rings. The van der Waals surface area contributed by atoms with E-state index in [1.54, 1.807) is 13.8 Å². The molecule has 0 radical (unpaired) electrons. The largest absolute Gasteiger partial charge is 0.506 e. The molecule has 0 heterocycles. The van der Waals surface area contributed by atoms with Crippen LogP contribution in [0.4, 0.5) is 17.1 Å². The van der Waals surface area contributed by atoms with E-state index in [1.807, 2.05) is 0 Å². The van der Waals surface area contributed by atoms with Crippen molar-refractivity contribution in [3.63, 3.8) is 0 Å². The van der Waals surface area contributed by atoms with Crippen LogP contribution in [0.5, 0.6) is 11.5 Å². The van der Waals surface area contributed by atoms with Crippen LogP contribution in [0.15, 0.2) is 62.5 Å². The van der Waals surface area contributed by atoms with Crippen molar-refractivity contribution in [3.8, 4) is 11.5 Å². The molecule has 0 bridgehead atoms. The predicted molar refractivity (Wildman–Crippen MR) is 141 cm³/mol. The number of benzene rings is 3. The van der Waals surface area contributed by atoms with E-state index in [-0.39, 0.29) is 46.7 Å². The standard InChI is InChI=1S/C22H26N4O9S3/c1-5-26(6-2)37(30,31)20-13-17(21-15(22(20)27)8-7-9-16(21)25-36(4,28)29)24-23-14-10-11-18(35-3)19(12-14)38(32,33)34/h7-13,25,27H,5-6H2,1-4H3,(H,32,33,34). The molecular weight excluding hydrogens is 560 g/mol. The van der Waals surface area contributed by atoms with E-state index in [4.69, 9.17) is 4.74 Å². The molecule has 0 aromatic heterocycles. The number of nitrogens with one attached hydrogen (secondary N) is 1. The SMILES string of the molecule is CCN(CC)S(=O)(=O)c1cc(N=Nc2ccc(OC)c(S(=O)(=O)O)c2)c2c(NS(C)(=O)=O)cccc2c1O. The van der Waals surface area contributed by atoms with Gasteiger partial charge in [0.1, 0.15) is 21.3 Å². The minimum absolute atomic E-state index is 0.00519. The van der Waals surface area contributed by atoms with Crippen molar-refractivity contribution in [1.82, 2.24) is 4.31 Å². The lowest BCUT2D eigenvalue weighted by atomic mass is 10.1. The van der Waals surface area contributed by atoms with Gasteiger partial charge in [-0.25, -0.2) is 16.8 Å². The molecule has 0 atom stereocenters. The second-order valence-electron chi connectivity index (χ2n) is 7.94. The maximum atomic E-state index is 13.3. The highest BCUT2D eigenvalue weighted by Crippen LogP contribution is 2.43. The molecule has 38 heavy (non-hydrogen) atoms. The van der Waals surface area contributed by atoms with Gasteiger partial charge in [-0.1, -0.05) is 26.0 Å². The number of ether oxygens (including phenoxy) is 1. The van der Waals surface area contributed by atoms with Crippen LogP contribution in [0.1, 0.15) is 13.8 Å². The van der Waals surface area contributed by atoms with Gasteiger partial charge in [-0.3, -0.25) is 9.27 Å². The van der Waals surface area contributed by atoms with Crippen LogP contribution >= 0.6 is 0 Å². The predicted octanol–water partition coefficient (Wildman–Crippen LogP) is 3.62. The van der Waals surface area contributed by atoms with Crippen LogP contribution in [-0.2, 0) is 30.2 Å². The van der Waals surface area contributed by atoms with Gasteiger partial charge in [0.15, 0.2) is 0 Å². The minimum Gasteiger partial charge on any atom is -0.506 e. The maximum absolute atomic E-state index is 13.3. The number of anilines is 1. The molecule has 16 heteroatoms. The zero-order valence-corrected chi connectivity index (χ0v) is 23.2. The van der Waals surface area contributed by atoms with Gasteiger partial charge in [-0.15, -0.1) is 5.11 Å². The van der Waals surface area contributed by atoms with E-state index in [2.05, 4.69) is 15.0 Å². The van der Waals surface area contributed by atoms with Crippen molar-refractivity contribution in [1.29, 1.82) is 0 Å². The summed E-state index contributed by atoms with van der Waals surface area (Å²) in [4.78, 5) is -1.05. The third-order valence-corrected chi connectivity index (χ3v) is 8.92. The Morgan fingerprint density at radius 1 is 0.947 bits per heavy atom. The number of phenols is 1. The van der Waals surface area contributed by atoms with Crippen molar-refractivity contribution in [2.24, 2.45) is 10.2 Å². The molecule has 3 aromatic carbocycles. The Hall–Kier alpha value is -3.31. The number of methoxy groups -OCH3 is 1. The Labute approximate surface area is 220 Å². The average Bonchev–Trinajstić information content (AvgIpc) is 2.82. The molecule has 3 N–H and O–H groups in total. The van der Waals surface area contributed by atoms with Crippen molar-refractivity contribution in [2.45, 2.75) is 23.6 Å². The van der Waals surface area contributed by atoms with Crippen LogP contribution in [0, 0.1) is 0 Å². The van der Waals surface area contributed by atoms with E-state index in [9.17, 15) is 34.9 Å². The van der Waals surface area contributed by atoms with Gasteiger partial charge in [0.05, 0.1) is 30.4 Å². The van der Waals surface area contributed by atoms with E-state index in [0.29, 0.717) is 0 Å². The van der Waals surface area contributed by atoms with Crippen LogP contribution in [0.3, 0.4) is 0 Å². The summed E-state index contributed by atoms with van der Waals surface area (Å²) in [6, 6.07) is 8.82. The lowest BCUT2D eigenvalue weighted by Gasteiger charge is -2.20. The molecule has 0 saturated heterocycles. The van der Waals surface area contributed by atoms with Gasteiger partial charge in [0.2, 0.25) is 20.0 Å². The Bertz CT molecular complexity index is 1730. The van der Waals surface area contributed by atoms with E-state index >= 15 is 0 Å². The Morgan fingerprint density at radius 2 is 1.61 bits per heavy atom. The molecule has 0 unspecified atom stereocenters. The first kappa shape index (κ1) is 29.2. The number of hydrogen-bond donors (Lipinski definition) is 3. The first-order valence-electron chi connectivity index (χ1n) is 11.0. The van der Waals surface area contributed by atoms with Crippen molar-refractivity contribution in [2.75, 3.05) is 31.2 Å². The second kappa shape index (κ2) is 10.8. The maximum Gasteiger partial charge on any atom is 0.298 e. The fourth-order valence-corrected chi connectivity index (χ4v) is 6.54. The Morgan fingerprint density at radius 3 is 2.16 bits per heavy atom. The highest BCUT2D eigenvalue weighted by Gasteiger charge is 2.28. The Kier molecular flexibility index (Phi) is 8.33. The molecule has 13 nitrogen and oxygen atoms in total. The number of fused-ring (bicyclic) bond motifs is 1. The van der Waals surface area contributed by atoms with Crippen LogP contribution < -0.4 is 9.46 Å². The smallest absolute Gasteiger partial charge is 0.298 e. The third-order valence-electron chi connectivity index (χ3n) is 5.39. The summed E-state index contributed by atoms with van der Waals surface area (Å²) in [5, 5.41) is 19.1. The van der Waals surface area contributed by atoms with E-state index in [1.165, 1.54) is 37.4 Å². The van der Waals surface area contributed by atoms with Crippen LogP contribution in [0.25, 0.3) is 10.8 Å². The molecule has 206 valence electrons. The van der Waals surface area contributed by atoms with Crippen LogP contribution in [0.2, 0.25) is 0 Å². The number of phenolic OH excluding ortho intramolecular Hbond substituents is 1. The summed E-state index contributed by atoms with van der Waals surface area (Å²) in [7, 11) is -11.5. The molecule has 0 spiro atoms. The molecule has 0 aliphatic heterocycles. The van der Waals surface area contributed by atoms with Crippen molar-refractivity contribution >= 4 is 58.0 Å². The molecule has 0 fully saturated rings. The van der Waals surface area contributed by atoms with Gasteiger partial charge in [0, 0.05) is 23.9 Å². The average molecular weight is 587 g/mol. The minimum atomic E-state index is -4.68. The fraction of sp³-hybridized carbons (Fsp3) is 0.273. The summed E-state index contributed by atoms with van der Waals surface area (Å²) in [6.07, 6.45) is 0.917. The number of sulfonamides is 2. The number of nitrogens with zero attached hydrogens (tertiary/aromatic N) is 3. The van der Waals surface area contributed by atoms with E-state index < -0.39 is 45.7 Å². The molecule has 0 aliphatic rings. The highest BCUT2D eigenvalue weighted by molar-refractivity contribution is 7.92. The molecule has 0 amide bonds. The summed E-state index contributed by atoms with van der Waals surface area (Å²) >= 11 is 0. The monoisotopic (exact) mass is 586 g/mol. The lowest BCUT2D eigenvalue weighted by molar-refractivity contribution is 0.397. The Balaban J connectivity index is 2.36. The molecule has 0 saturated carbocycles. The summed E-state index contributed by atoms with van der Waals surface area (Å²) in [6.45, 7) is 3.49. The summed E-state index contributed by atoms with van der Waals surface area (Å²) in [5.41, 5.74) is -0.199. The van der Waals surface area contributed by atoms with Gasteiger partial charge in [-0.05, 0) is 30.3 Å². The van der Waals surface area contributed by atoms with Gasteiger partial charge in [-0.2, -0.15) is 17.8 Å². The molecule has 0 aliphatic carbocycles. The van der Waals surface area contributed by atoms with Crippen LogP contribution in [-0.4, -0.2) is 65.7 Å². The first-order chi connectivity index (χ1) is 17.6. The summed E-state index contributed by atoms with van der Waals surface area (Å²) < 4.78 is 91.9. The van der Waals surface area contributed by atoms with Crippen molar-refractivity contribution in [3.05, 3.63) is 42.5 Å². The number of rotatable bonds is 10. The lowest BCUT2D eigenvalue weighted by Crippen LogP contribution is -2.30. The third kappa shape index (κ3) is 6.05. The van der Waals surface area contributed by atoms with E-state index in [0.717, 1.165) is 22.7 Å². The summed E-state index contributed by atoms with van der Waals surface area (Å²) in [5.74, 6) is -0.755. The zero-order chi connectivity index (χ0) is 28.5. The highest BCUT2D eigenvalue weighted by atomic mass is 32.2. The van der Waals surface area contributed by atoms with Gasteiger partial charge < -0.3 is 9.84 Å². The van der Waals surface area contributed by atoms with Crippen molar-refractivity contribution < 1.29 is 39.6 Å². The number of azo groups is 1. The number of aromatic hydroxyl groups is 1. The fourth-order valence-electron chi connectivity index (χ4n) is 3.73. The topological polar surface area (TPSA) is 192 Å². The quantitative estimate of drug-likeness (QED) is 0.235. The molecule has 3 rings (SSSR count).